The molecule has 43 heavy (non-hydrogen) atoms. The van der Waals surface area contributed by atoms with E-state index >= 15 is 0 Å². The molecule has 4 saturated carbocycles. The Labute approximate surface area is 259 Å². The number of ether oxygens (including phenoxy) is 2. The van der Waals surface area contributed by atoms with E-state index in [4.69, 9.17) is 9.47 Å². The molecule has 0 aromatic carbocycles. The quantitative estimate of drug-likeness (QED) is 0.366. The van der Waals surface area contributed by atoms with Gasteiger partial charge in [-0.2, -0.15) is 0 Å². The van der Waals surface area contributed by atoms with Gasteiger partial charge in [0.15, 0.2) is 5.78 Å². The number of urea groups is 1. The van der Waals surface area contributed by atoms with Crippen molar-refractivity contribution in [3.8, 4) is 0 Å². The van der Waals surface area contributed by atoms with Crippen LogP contribution in [0.2, 0.25) is 0 Å². The number of nitrogens with zero attached hydrogens (tertiary/aromatic N) is 1. The van der Waals surface area contributed by atoms with E-state index < -0.39 is 5.41 Å². The maximum atomic E-state index is 14.6. The Hall–Kier alpha value is -1.89. The van der Waals surface area contributed by atoms with Crippen molar-refractivity contribution in [1.29, 1.82) is 0 Å². The first-order valence-corrected chi connectivity index (χ1v) is 17.0. The second kappa shape index (κ2) is 10.1. The van der Waals surface area contributed by atoms with Crippen molar-refractivity contribution in [2.24, 2.45) is 50.2 Å². The number of hydrogen-bond donors (Lipinski definition) is 1. The maximum Gasteiger partial charge on any atom is 0.317 e. The topological polar surface area (TPSA) is 84.9 Å². The minimum atomic E-state index is -0.503. The van der Waals surface area contributed by atoms with E-state index in [2.05, 4.69) is 59.9 Å². The fourth-order valence-electron chi connectivity index (χ4n) is 11.9. The monoisotopic (exact) mass is 596 g/mol. The fourth-order valence-corrected chi connectivity index (χ4v) is 11.9. The summed E-state index contributed by atoms with van der Waals surface area (Å²) in [7, 11) is 1.50. The average Bonchev–Trinajstić information content (AvgIpc) is 2.96. The van der Waals surface area contributed by atoms with Crippen molar-refractivity contribution >= 4 is 17.8 Å². The lowest BCUT2D eigenvalue weighted by Gasteiger charge is -2.70. The predicted molar refractivity (Wildman–Crippen MR) is 166 cm³/mol. The van der Waals surface area contributed by atoms with Gasteiger partial charge < -0.3 is 19.7 Å². The number of hydrogen-bond acceptors (Lipinski definition) is 5. The zero-order chi connectivity index (χ0) is 31.2. The summed E-state index contributed by atoms with van der Waals surface area (Å²) in [5, 5.41) is 3.43. The molecule has 2 amide bonds. The highest BCUT2D eigenvalue weighted by atomic mass is 16.5. The van der Waals surface area contributed by atoms with Gasteiger partial charge in [0.2, 0.25) is 0 Å². The molecule has 0 aromatic heterocycles. The molecule has 0 spiro atoms. The standard InChI is InChI=1S/C36H56N2O5/c1-31(2)26-9-12-36(7)28(34(26,5)11-10-27(31)37-30(41)38-17-19-43-20-18-38)25(39)21-23-24-22-33(4,29(40)42-8)14-13-32(24,3)15-16-35(23,36)6/h21,24,26-28H,9-20,22H2,1-8H3,(H,37,41)/t24-,26?,27?,28?,32+,33-,34-,35+,36+/m0/s1. The number of esters is 1. The molecule has 1 heterocycles. The van der Waals surface area contributed by atoms with Crippen LogP contribution in [0, 0.1) is 50.2 Å². The summed E-state index contributed by atoms with van der Waals surface area (Å²) in [6, 6.07) is 0.107. The van der Waals surface area contributed by atoms with Crippen LogP contribution in [-0.4, -0.2) is 62.1 Å². The van der Waals surface area contributed by atoms with E-state index in [0.717, 1.165) is 57.8 Å². The number of morpholine rings is 1. The number of nitrogens with one attached hydrogen (secondary N) is 1. The minimum Gasteiger partial charge on any atom is -0.469 e. The Bertz CT molecular complexity index is 1220. The fraction of sp³-hybridized carbons (Fsp3) is 0.861. The largest absolute Gasteiger partial charge is 0.469 e. The number of amides is 2. The second-order valence-electron chi connectivity index (χ2n) is 17.2. The predicted octanol–water partition coefficient (Wildman–Crippen LogP) is 6.55. The van der Waals surface area contributed by atoms with E-state index in [1.807, 2.05) is 4.90 Å². The van der Waals surface area contributed by atoms with Crippen LogP contribution in [0.25, 0.3) is 0 Å². The molecular weight excluding hydrogens is 540 g/mol. The van der Waals surface area contributed by atoms with Gasteiger partial charge in [-0.25, -0.2) is 4.79 Å². The minimum absolute atomic E-state index is 0.0242. The highest BCUT2D eigenvalue weighted by Crippen LogP contribution is 2.75. The van der Waals surface area contributed by atoms with E-state index in [-0.39, 0.29) is 57.0 Å². The van der Waals surface area contributed by atoms with Gasteiger partial charge in [0.25, 0.3) is 0 Å². The number of allylic oxidation sites excluding steroid dienone is 2. The van der Waals surface area contributed by atoms with Crippen LogP contribution in [0.1, 0.15) is 106 Å². The molecule has 9 atom stereocenters. The summed E-state index contributed by atoms with van der Waals surface area (Å²) in [6.45, 7) is 18.9. The van der Waals surface area contributed by atoms with Crippen LogP contribution in [-0.2, 0) is 19.1 Å². The zero-order valence-electron chi connectivity index (χ0n) is 28.1. The average molecular weight is 597 g/mol. The van der Waals surface area contributed by atoms with E-state index in [1.165, 1.54) is 12.7 Å². The molecule has 1 aliphatic heterocycles. The maximum absolute atomic E-state index is 14.6. The Kier molecular flexibility index (Phi) is 7.27. The van der Waals surface area contributed by atoms with E-state index in [1.54, 1.807) is 0 Å². The van der Waals surface area contributed by atoms with Crippen LogP contribution in [0.4, 0.5) is 4.79 Å². The van der Waals surface area contributed by atoms with E-state index in [0.29, 0.717) is 38.0 Å². The molecule has 1 saturated heterocycles. The molecule has 3 unspecified atom stereocenters. The third-order valence-corrected chi connectivity index (χ3v) is 14.9. The lowest BCUT2D eigenvalue weighted by atomic mass is 9.33. The molecule has 6 rings (SSSR count). The van der Waals surface area contributed by atoms with Gasteiger partial charge in [-0.15, -0.1) is 0 Å². The summed E-state index contributed by atoms with van der Waals surface area (Å²) < 4.78 is 10.8. The third-order valence-electron chi connectivity index (χ3n) is 14.9. The van der Waals surface area contributed by atoms with Crippen LogP contribution >= 0.6 is 0 Å². The zero-order valence-corrected chi connectivity index (χ0v) is 28.1. The number of ketones is 1. The van der Waals surface area contributed by atoms with Crippen molar-refractivity contribution in [1.82, 2.24) is 10.2 Å². The normalized spacial score (nSPS) is 47.2. The van der Waals surface area contributed by atoms with Crippen LogP contribution in [0.15, 0.2) is 11.6 Å². The molecule has 6 aliphatic rings. The molecule has 7 nitrogen and oxygen atoms in total. The number of fused-ring (bicyclic) bond motifs is 7. The Morgan fingerprint density at radius 1 is 0.930 bits per heavy atom. The molecule has 1 N–H and O–H groups in total. The molecule has 0 radical (unpaired) electrons. The van der Waals surface area contributed by atoms with Gasteiger partial charge in [0, 0.05) is 25.0 Å². The molecule has 0 bridgehead atoms. The van der Waals surface area contributed by atoms with Gasteiger partial charge >= 0.3 is 12.0 Å². The van der Waals surface area contributed by atoms with Crippen molar-refractivity contribution in [2.75, 3.05) is 33.4 Å². The lowest BCUT2D eigenvalue weighted by Crippen LogP contribution is -2.68. The van der Waals surface area contributed by atoms with Crippen LogP contribution in [0.3, 0.4) is 0 Å². The summed E-state index contributed by atoms with van der Waals surface area (Å²) in [6.07, 6.45) is 10.9. The van der Waals surface area contributed by atoms with E-state index in [9.17, 15) is 14.4 Å². The first-order valence-electron chi connectivity index (χ1n) is 17.0. The highest BCUT2D eigenvalue weighted by molar-refractivity contribution is 5.95. The van der Waals surface area contributed by atoms with Crippen LogP contribution in [0.5, 0.6) is 0 Å². The third kappa shape index (κ3) is 4.32. The first-order chi connectivity index (χ1) is 20.1. The Morgan fingerprint density at radius 3 is 2.28 bits per heavy atom. The number of carbonyl (C=O) groups excluding carboxylic acids is 3. The van der Waals surface area contributed by atoms with Gasteiger partial charge in [-0.05, 0) is 110 Å². The van der Waals surface area contributed by atoms with Gasteiger partial charge in [0.05, 0.1) is 25.7 Å². The SMILES string of the molecule is COC(=O)[C@@]1(C)CC[C@]2(C)CC[C@]3(C)C(=CC(=O)C4[C@@]5(C)CCC(NC(=O)N6CCOCC6)C(C)(C)C5CC[C@]43C)[C@@H]2C1. The summed E-state index contributed by atoms with van der Waals surface area (Å²) in [4.78, 5) is 42.7. The molecule has 5 fully saturated rings. The number of carbonyl (C=O) groups is 3. The molecule has 5 aliphatic carbocycles. The van der Waals surface area contributed by atoms with Gasteiger partial charge in [-0.1, -0.05) is 47.1 Å². The molecule has 7 heteroatoms. The molecular formula is C36H56N2O5. The van der Waals surface area contributed by atoms with Gasteiger partial charge in [0.1, 0.15) is 0 Å². The lowest BCUT2D eigenvalue weighted by molar-refractivity contribution is -0.189. The molecule has 240 valence electrons. The van der Waals surface area contributed by atoms with Crippen molar-refractivity contribution in [2.45, 2.75) is 112 Å². The Morgan fingerprint density at radius 2 is 1.60 bits per heavy atom. The second-order valence-corrected chi connectivity index (χ2v) is 17.2. The first kappa shape index (κ1) is 31.1. The number of methoxy groups -OCH3 is 1. The van der Waals surface area contributed by atoms with Crippen molar-refractivity contribution in [3.63, 3.8) is 0 Å². The van der Waals surface area contributed by atoms with Crippen molar-refractivity contribution < 1.29 is 23.9 Å². The van der Waals surface area contributed by atoms with Crippen LogP contribution < -0.4 is 5.32 Å². The molecule has 0 aromatic rings. The van der Waals surface area contributed by atoms with Crippen molar-refractivity contribution in [3.05, 3.63) is 11.6 Å². The summed E-state index contributed by atoms with van der Waals surface area (Å²) in [5.41, 5.74) is 0.459. The summed E-state index contributed by atoms with van der Waals surface area (Å²) >= 11 is 0. The highest BCUT2D eigenvalue weighted by Gasteiger charge is 2.70. The smallest absolute Gasteiger partial charge is 0.317 e. The summed E-state index contributed by atoms with van der Waals surface area (Å²) in [5.74, 6) is 0.724. The Balaban J connectivity index is 1.32. The number of rotatable bonds is 2. The van der Waals surface area contributed by atoms with Gasteiger partial charge in [-0.3, -0.25) is 9.59 Å².